The number of thiazole rings is 1. The minimum absolute atomic E-state index is 0.0574. The molecule has 0 atom stereocenters. The first-order valence-corrected chi connectivity index (χ1v) is 8.78. The molecule has 6 nitrogen and oxygen atoms in total. The smallest absolute Gasteiger partial charge is 0.230 e. The number of anilines is 2. The van der Waals surface area contributed by atoms with Crippen molar-refractivity contribution in [2.45, 2.75) is 17.8 Å². The summed E-state index contributed by atoms with van der Waals surface area (Å²) in [5.41, 5.74) is 1.74. The monoisotopic (exact) mass is 345 g/mol. The van der Waals surface area contributed by atoms with E-state index >= 15 is 0 Å². The summed E-state index contributed by atoms with van der Waals surface area (Å²) in [6.45, 7) is 1.54. The fraction of sp³-hybridized carbons (Fsp3) is 0.200. The van der Waals surface area contributed by atoms with E-state index in [1.807, 2.05) is 47.3 Å². The Hall–Kier alpha value is -2.19. The third-order valence-electron chi connectivity index (χ3n) is 3.08. The lowest BCUT2D eigenvalue weighted by molar-refractivity contribution is -0.115. The van der Waals surface area contributed by atoms with Crippen LogP contribution in [0.3, 0.4) is 0 Å². The minimum Gasteiger partial charge on any atom is -0.312 e. The van der Waals surface area contributed by atoms with Crippen LogP contribution in [-0.2, 0) is 17.6 Å². The van der Waals surface area contributed by atoms with Gasteiger partial charge in [-0.2, -0.15) is 0 Å². The topological polar surface area (TPSA) is 63.9 Å². The lowest BCUT2D eigenvalue weighted by atomic mass is 10.3. The number of thioether (sulfide) groups is 1. The first-order valence-electron chi connectivity index (χ1n) is 6.92. The van der Waals surface area contributed by atoms with E-state index in [4.69, 9.17) is 0 Å². The van der Waals surface area contributed by atoms with Gasteiger partial charge in [-0.15, -0.1) is 21.5 Å². The third-order valence-corrected chi connectivity index (χ3v) is 5.02. The van der Waals surface area contributed by atoms with Crippen molar-refractivity contribution in [3.8, 4) is 0 Å². The number of hydrogen-bond donors (Lipinski definition) is 0. The van der Waals surface area contributed by atoms with Crippen molar-refractivity contribution in [3.05, 3.63) is 47.7 Å². The van der Waals surface area contributed by atoms with Gasteiger partial charge in [0.2, 0.25) is 5.91 Å². The molecule has 23 heavy (non-hydrogen) atoms. The lowest BCUT2D eigenvalue weighted by Crippen LogP contribution is -2.22. The van der Waals surface area contributed by atoms with Gasteiger partial charge in [0.15, 0.2) is 10.3 Å². The zero-order valence-corrected chi connectivity index (χ0v) is 14.3. The number of para-hydroxylation sites is 1. The van der Waals surface area contributed by atoms with Crippen LogP contribution in [0.2, 0.25) is 0 Å². The van der Waals surface area contributed by atoms with Crippen molar-refractivity contribution in [2.75, 3.05) is 4.90 Å². The first-order chi connectivity index (χ1) is 11.1. The molecule has 1 amide bonds. The van der Waals surface area contributed by atoms with E-state index in [0.717, 1.165) is 16.5 Å². The number of aromatic nitrogens is 4. The molecule has 0 radical (unpaired) electrons. The maximum Gasteiger partial charge on any atom is 0.230 e. The summed E-state index contributed by atoms with van der Waals surface area (Å²) >= 11 is 3.03. The molecular weight excluding hydrogens is 330 g/mol. The SMILES string of the molecule is CC(=O)N(c1ccccc1)c1nc(CSc2nncn2C)cs1. The van der Waals surface area contributed by atoms with Gasteiger partial charge in [-0.3, -0.25) is 9.69 Å². The van der Waals surface area contributed by atoms with Gasteiger partial charge in [0.1, 0.15) is 6.33 Å². The number of carbonyl (C=O) groups excluding carboxylic acids is 1. The highest BCUT2D eigenvalue weighted by atomic mass is 32.2. The van der Waals surface area contributed by atoms with Crippen LogP contribution in [0, 0.1) is 0 Å². The van der Waals surface area contributed by atoms with Crippen molar-refractivity contribution in [2.24, 2.45) is 7.05 Å². The maximum atomic E-state index is 12.0. The second kappa shape index (κ2) is 6.93. The summed E-state index contributed by atoms with van der Waals surface area (Å²) in [5, 5.41) is 11.4. The van der Waals surface area contributed by atoms with Crippen molar-refractivity contribution in [1.29, 1.82) is 0 Å². The van der Waals surface area contributed by atoms with Crippen LogP contribution in [0.15, 0.2) is 47.2 Å². The molecular formula is C15H15N5OS2. The predicted octanol–water partition coefficient (Wildman–Crippen LogP) is 3.25. The fourth-order valence-corrected chi connectivity index (χ4v) is 3.78. The normalized spacial score (nSPS) is 10.7. The Morgan fingerprint density at radius 3 is 2.78 bits per heavy atom. The van der Waals surface area contributed by atoms with E-state index in [9.17, 15) is 4.79 Å². The molecule has 0 N–H and O–H groups in total. The Morgan fingerprint density at radius 1 is 1.35 bits per heavy atom. The number of benzene rings is 1. The molecule has 0 saturated heterocycles. The molecule has 0 bridgehead atoms. The average Bonchev–Trinajstić information content (AvgIpc) is 3.15. The highest BCUT2D eigenvalue weighted by Crippen LogP contribution is 2.30. The van der Waals surface area contributed by atoms with Crippen LogP contribution >= 0.6 is 23.1 Å². The van der Waals surface area contributed by atoms with Crippen LogP contribution < -0.4 is 4.90 Å². The second-order valence-electron chi connectivity index (χ2n) is 4.82. The Balaban J connectivity index is 1.77. The van der Waals surface area contributed by atoms with Crippen LogP contribution in [0.4, 0.5) is 10.8 Å². The number of amides is 1. The Kier molecular flexibility index (Phi) is 4.73. The zero-order chi connectivity index (χ0) is 16.2. The van der Waals surface area contributed by atoms with Gasteiger partial charge in [0.05, 0.1) is 11.4 Å². The maximum absolute atomic E-state index is 12.0. The molecule has 0 aliphatic heterocycles. The molecule has 0 spiro atoms. The van der Waals surface area contributed by atoms with Crippen LogP contribution in [0.5, 0.6) is 0 Å². The van der Waals surface area contributed by atoms with E-state index in [-0.39, 0.29) is 5.91 Å². The molecule has 0 unspecified atom stereocenters. The zero-order valence-electron chi connectivity index (χ0n) is 12.7. The third kappa shape index (κ3) is 3.59. The molecule has 0 saturated carbocycles. The van der Waals surface area contributed by atoms with Gasteiger partial charge in [0, 0.05) is 25.1 Å². The van der Waals surface area contributed by atoms with Gasteiger partial charge >= 0.3 is 0 Å². The van der Waals surface area contributed by atoms with Crippen LogP contribution in [0.25, 0.3) is 0 Å². The van der Waals surface area contributed by atoms with Crippen LogP contribution in [0.1, 0.15) is 12.6 Å². The summed E-state index contributed by atoms with van der Waals surface area (Å²) in [6, 6.07) is 9.54. The molecule has 0 fully saturated rings. The number of aryl methyl sites for hydroxylation is 1. The summed E-state index contributed by atoms with van der Waals surface area (Å²) in [7, 11) is 1.90. The Labute approximate surface area is 142 Å². The largest absolute Gasteiger partial charge is 0.312 e. The minimum atomic E-state index is -0.0574. The van der Waals surface area contributed by atoms with Crippen LogP contribution in [-0.4, -0.2) is 25.7 Å². The van der Waals surface area contributed by atoms with E-state index < -0.39 is 0 Å². The molecule has 3 rings (SSSR count). The summed E-state index contributed by atoms with van der Waals surface area (Å²) < 4.78 is 1.86. The van der Waals surface area contributed by atoms with Gasteiger partial charge < -0.3 is 4.57 Å². The standard InChI is InChI=1S/C15H15N5OS2/c1-11(21)20(13-6-4-3-5-7-13)14-17-12(8-22-14)9-23-15-18-16-10-19(15)2/h3-8,10H,9H2,1-2H3. The van der Waals surface area contributed by atoms with E-state index in [1.54, 1.807) is 29.9 Å². The first kappa shape index (κ1) is 15.7. The quantitative estimate of drug-likeness (QED) is 0.664. The van der Waals surface area contributed by atoms with E-state index in [1.165, 1.54) is 11.3 Å². The average molecular weight is 345 g/mol. The lowest BCUT2D eigenvalue weighted by Gasteiger charge is -2.17. The highest BCUT2D eigenvalue weighted by molar-refractivity contribution is 7.98. The van der Waals surface area contributed by atoms with E-state index in [0.29, 0.717) is 10.9 Å². The van der Waals surface area contributed by atoms with Crippen molar-refractivity contribution < 1.29 is 4.79 Å². The van der Waals surface area contributed by atoms with Crippen molar-refractivity contribution >= 4 is 39.8 Å². The molecule has 0 aliphatic rings. The molecule has 2 aromatic heterocycles. The van der Waals surface area contributed by atoms with Gasteiger partial charge in [-0.25, -0.2) is 4.98 Å². The number of carbonyl (C=O) groups is 1. The Morgan fingerprint density at radius 2 is 2.13 bits per heavy atom. The highest BCUT2D eigenvalue weighted by Gasteiger charge is 2.17. The van der Waals surface area contributed by atoms with Gasteiger partial charge in [-0.05, 0) is 12.1 Å². The molecule has 3 aromatic rings. The van der Waals surface area contributed by atoms with E-state index in [2.05, 4.69) is 15.2 Å². The summed E-state index contributed by atoms with van der Waals surface area (Å²) in [5.74, 6) is 0.627. The van der Waals surface area contributed by atoms with Gasteiger partial charge in [0.25, 0.3) is 0 Å². The van der Waals surface area contributed by atoms with Crippen molar-refractivity contribution in [3.63, 3.8) is 0 Å². The summed E-state index contributed by atoms with van der Waals surface area (Å²) in [4.78, 5) is 18.2. The number of hydrogen-bond acceptors (Lipinski definition) is 6. The molecule has 1 aromatic carbocycles. The molecule has 8 heteroatoms. The summed E-state index contributed by atoms with van der Waals surface area (Å²) in [6.07, 6.45) is 1.67. The predicted molar refractivity (Wildman–Crippen MR) is 91.9 cm³/mol. The number of rotatable bonds is 5. The molecule has 118 valence electrons. The van der Waals surface area contributed by atoms with Crippen molar-refractivity contribution in [1.82, 2.24) is 19.7 Å². The molecule has 2 heterocycles. The Bertz CT molecular complexity index is 799. The van der Waals surface area contributed by atoms with Gasteiger partial charge in [-0.1, -0.05) is 30.0 Å². The second-order valence-corrected chi connectivity index (χ2v) is 6.60. The number of nitrogens with zero attached hydrogens (tertiary/aromatic N) is 5. The fourth-order valence-electron chi connectivity index (χ4n) is 2.01. The molecule has 0 aliphatic carbocycles.